The molecule has 0 spiro atoms. The molecule has 0 aliphatic rings. The lowest BCUT2D eigenvalue weighted by Gasteiger charge is -2.17. The molecule has 0 amide bonds. The molecule has 0 radical (unpaired) electrons. The molecule has 0 aromatic carbocycles. The van der Waals surface area contributed by atoms with Gasteiger partial charge in [0.1, 0.15) is 0 Å². The third-order valence-corrected chi connectivity index (χ3v) is 3.54. The first-order chi connectivity index (χ1) is 11.8. The van der Waals surface area contributed by atoms with Crippen LogP contribution in [0.25, 0.3) is 0 Å². The first-order valence-electron chi connectivity index (χ1n) is 8.77. The van der Waals surface area contributed by atoms with Crippen LogP contribution in [0, 0.1) is 0 Å². The Hall–Kier alpha value is -0.930. The van der Waals surface area contributed by atoms with E-state index in [4.69, 9.17) is 9.47 Å². The summed E-state index contributed by atoms with van der Waals surface area (Å²) in [5.41, 5.74) is 1.08. The number of guanidine groups is 1. The molecule has 0 saturated carbocycles. The highest BCUT2D eigenvalue weighted by molar-refractivity contribution is 14.0. The highest BCUT2D eigenvalue weighted by Gasteiger charge is 2.03. The summed E-state index contributed by atoms with van der Waals surface area (Å²) in [7, 11) is 1.68. The summed E-state index contributed by atoms with van der Waals surface area (Å²) in [6.45, 7) is 7.85. The summed E-state index contributed by atoms with van der Waals surface area (Å²) in [4.78, 5) is 8.96. The largest absolute Gasteiger partial charge is 0.382 e. The Bertz CT molecular complexity index is 446. The van der Waals surface area contributed by atoms with E-state index < -0.39 is 0 Å². The Balaban J connectivity index is 0.00000576. The maximum Gasteiger partial charge on any atom is 0.191 e. The van der Waals surface area contributed by atoms with Crippen LogP contribution in [-0.2, 0) is 15.9 Å². The van der Waals surface area contributed by atoms with Crippen LogP contribution < -0.4 is 10.6 Å². The van der Waals surface area contributed by atoms with Gasteiger partial charge in [-0.1, -0.05) is 13.0 Å². The Labute approximate surface area is 169 Å². The van der Waals surface area contributed by atoms with Gasteiger partial charge in [0.25, 0.3) is 0 Å². The van der Waals surface area contributed by atoms with E-state index in [9.17, 15) is 0 Å². The maximum absolute atomic E-state index is 5.45. The number of nitrogens with zero attached hydrogens (tertiary/aromatic N) is 2. The number of aliphatic imine (C=N–C) groups is 1. The number of nitrogens with one attached hydrogen (secondary N) is 2. The summed E-state index contributed by atoms with van der Waals surface area (Å²) in [5, 5.41) is 6.80. The third-order valence-electron chi connectivity index (χ3n) is 3.54. The van der Waals surface area contributed by atoms with E-state index in [1.165, 1.54) is 0 Å². The highest BCUT2D eigenvalue weighted by atomic mass is 127. The Morgan fingerprint density at radius 1 is 1.28 bits per heavy atom. The van der Waals surface area contributed by atoms with Gasteiger partial charge in [0.2, 0.25) is 0 Å². The van der Waals surface area contributed by atoms with Crippen molar-refractivity contribution in [2.75, 3.05) is 40.0 Å². The number of hydrogen-bond acceptors (Lipinski definition) is 4. The van der Waals surface area contributed by atoms with Crippen molar-refractivity contribution in [1.82, 2.24) is 15.6 Å². The Kier molecular flexibility index (Phi) is 15.9. The van der Waals surface area contributed by atoms with Gasteiger partial charge in [0.05, 0.1) is 13.2 Å². The standard InChI is InChI=1S/C18H32N4O2.HI/c1-4-16(2)22-18(20-11-7-13-24-15-14-23-3)21-12-9-17-8-5-6-10-19-17;/h5-6,8,10,16H,4,7,9,11-15H2,1-3H3,(H2,20,21,22);1H. The second-order valence-electron chi connectivity index (χ2n) is 5.64. The van der Waals surface area contributed by atoms with Gasteiger partial charge in [-0.25, -0.2) is 0 Å². The fraction of sp³-hybridized carbons (Fsp3) is 0.667. The Morgan fingerprint density at radius 3 is 2.80 bits per heavy atom. The number of aromatic nitrogens is 1. The normalized spacial score (nSPS) is 12.4. The van der Waals surface area contributed by atoms with Gasteiger partial charge < -0.3 is 20.1 Å². The van der Waals surface area contributed by atoms with Crippen molar-refractivity contribution in [2.45, 2.75) is 39.2 Å². The molecule has 7 heteroatoms. The van der Waals surface area contributed by atoms with Crippen LogP contribution in [0.2, 0.25) is 0 Å². The summed E-state index contributed by atoms with van der Waals surface area (Å²) < 4.78 is 10.4. The molecule has 0 aliphatic carbocycles. The van der Waals surface area contributed by atoms with E-state index in [-0.39, 0.29) is 24.0 Å². The van der Waals surface area contributed by atoms with Crippen LogP contribution in [0.1, 0.15) is 32.4 Å². The molecule has 1 heterocycles. The Morgan fingerprint density at radius 2 is 2.12 bits per heavy atom. The van der Waals surface area contributed by atoms with Gasteiger partial charge in [0.15, 0.2) is 5.96 Å². The second kappa shape index (κ2) is 16.5. The maximum atomic E-state index is 5.45. The molecule has 1 unspecified atom stereocenters. The zero-order chi connectivity index (χ0) is 17.5. The third kappa shape index (κ3) is 13.0. The monoisotopic (exact) mass is 464 g/mol. The second-order valence-corrected chi connectivity index (χ2v) is 5.64. The lowest BCUT2D eigenvalue weighted by atomic mass is 10.2. The number of ether oxygens (including phenoxy) is 2. The minimum atomic E-state index is 0. The van der Waals surface area contributed by atoms with Crippen LogP contribution in [0.15, 0.2) is 29.4 Å². The van der Waals surface area contributed by atoms with Crippen LogP contribution in [0.4, 0.5) is 0 Å². The van der Waals surface area contributed by atoms with E-state index in [0.717, 1.165) is 44.0 Å². The van der Waals surface area contributed by atoms with E-state index in [1.54, 1.807) is 7.11 Å². The van der Waals surface area contributed by atoms with Crippen molar-refractivity contribution in [3.05, 3.63) is 30.1 Å². The van der Waals surface area contributed by atoms with Crippen molar-refractivity contribution in [2.24, 2.45) is 4.99 Å². The SMILES string of the molecule is CCC(C)NC(=NCCCOCCOC)NCCc1ccccn1.I. The predicted molar refractivity (Wildman–Crippen MR) is 114 cm³/mol. The molecule has 1 rings (SSSR count). The average molecular weight is 464 g/mol. The number of hydrogen-bond donors (Lipinski definition) is 2. The molecular weight excluding hydrogens is 431 g/mol. The molecule has 1 aromatic rings. The quantitative estimate of drug-likeness (QED) is 0.216. The van der Waals surface area contributed by atoms with Crippen molar-refractivity contribution >= 4 is 29.9 Å². The van der Waals surface area contributed by atoms with Crippen molar-refractivity contribution in [3.63, 3.8) is 0 Å². The van der Waals surface area contributed by atoms with Crippen LogP contribution in [0.3, 0.4) is 0 Å². The molecule has 1 aromatic heterocycles. The zero-order valence-corrected chi connectivity index (χ0v) is 18.0. The van der Waals surface area contributed by atoms with E-state index >= 15 is 0 Å². The predicted octanol–water partition coefficient (Wildman–Crippen LogP) is 2.63. The van der Waals surface area contributed by atoms with E-state index in [2.05, 4.69) is 34.5 Å². The number of pyridine rings is 1. The fourth-order valence-corrected chi connectivity index (χ4v) is 1.94. The van der Waals surface area contributed by atoms with Crippen LogP contribution in [0.5, 0.6) is 0 Å². The highest BCUT2D eigenvalue weighted by Crippen LogP contribution is 1.94. The molecule has 144 valence electrons. The van der Waals surface area contributed by atoms with Crippen molar-refractivity contribution < 1.29 is 9.47 Å². The van der Waals surface area contributed by atoms with E-state index in [0.29, 0.717) is 25.9 Å². The molecule has 0 fully saturated rings. The van der Waals surface area contributed by atoms with Gasteiger partial charge in [0, 0.05) is 51.2 Å². The molecule has 2 N–H and O–H groups in total. The van der Waals surface area contributed by atoms with E-state index in [1.807, 2.05) is 24.4 Å². The van der Waals surface area contributed by atoms with Gasteiger partial charge in [-0.15, -0.1) is 24.0 Å². The van der Waals surface area contributed by atoms with Crippen LogP contribution >= 0.6 is 24.0 Å². The molecule has 0 bridgehead atoms. The summed E-state index contributed by atoms with van der Waals surface area (Å²) in [6, 6.07) is 6.38. The number of rotatable bonds is 12. The molecule has 1 atom stereocenters. The lowest BCUT2D eigenvalue weighted by Crippen LogP contribution is -2.43. The smallest absolute Gasteiger partial charge is 0.191 e. The average Bonchev–Trinajstić information content (AvgIpc) is 2.61. The summed E-state index contributed by atoms with van der Waals surface area (Å²) in [6.07, 6.45) is 4.66. The molecule has 25 heavy (non-hydrogen) atoms. The first-order valence-corrected chi connectivity index (χ1v) is 8.77. The minimum absolute atomic E-state index is 0. The summed E-state index contributed by atoms with van der Waals surface area (Å²) >= 11 is 0. The number of methoxy groups -OCH3 is 1. The van der Waals surface area contributed by atoms with Crippen molar-refractivity contribution in [1.29, 1.82) is 0 Å². The first kappa shape index (κ1) is 24.1. The molecular formula is C18H33IN4O2. The van der Waals surface area contributed by atoms with Crippen LogP contribution in [-0.4, -0.2) is 57.0 Å². The van der Waals surface area contributed by atoms with Gasteiger partial charge in [-0.3, -0.25) is 9.98 Å². The fourth-order valence-electron chi connectivity index (χ4n) is 1.94. The molecule has 0 aliphatic heterocycles. The summed E-state index contributed by atoms with van der Waals surface area (Å²) in [5.74, 6) is 0.858. The molecule has 0 saturated heterocycles. The lowest BCUT2D eigenvalue weighted by molar-refractivity contribution is 0.0702. The topological polar surface area (TPSA) is 67.8 Å². The van der Waals surface area contributed by atoms with Crippen molar-refractivity contribution in [3.8, 4) is 0 Å². The minimum Gasteiger partial charge on any atom is -0.382 e. The zero-order valence-electron chi connectivity index (χ0n) is 15.7. The van der Waals surface area contributed by atoms with Gasteiger partial charge in [-0.05, 0) is 31.9 Å². The number of halogens is 1. The molecule has 6 nitrogen and oxygen atoms in total. The van der Waals surface area contributed by atoms with Gasteiger partial charge >= 0.3 is 0 Å². The van der Waals surface area contributed by atoms with Gasteiger partial charge in [-0.2, -0.15) is 0 Å².